The average Bonchev–Trinajstić information content (AvgIpc) is 2.94. The summed E-state index contributed by atoms with van der Waals surface area (Å²) in [5.41, 5.74) is -0.291. The van der Waals surface area contributed by atoms with Gasteiger partial charge >= 0.3 is 0 Å². The first-order valence-corrected chi connectivity index (χ1v) is 6.30. The highest BCUT2D eigenvalue weighted by Crippen LogP contribution is 2.31. The zero-order valence-corrected chi connectivity index (χ0v) is 11.1. The quantitative estimate of drug-likeness (QED) is 0.657. The smallest absolute Gasteiger partial charge is 0.285 e. The molecule has 0 spiro atoms. The van der Waals surface area contributed by atoms with E-state index in [0.29, 0.717) is 19.5 Å². The van der Waals surface area contributed by atoms with Gasteiger partial charge in [-0.3, -0.25) is 14.9 Å². The first-order chi connectivity index (χ1) is 9.58. The van der Waals surface area contributed by atoms with Gasteiger partial charge in [-0.15, -0.1) is 0 Å². The molecule has 1 fully saturated rings. The molecular weight excluding hydrogens is 264 g/mol. The monoisotopic (exact) mass is 280 g/mol. The van der Waals surface area contributed by atoms with Gasteiger partial charge < -0.3 is 14.7 Å². The van der Waals surface area contributed by atoms with Crippen LogP contribution in [0.4, 0.5) is 5.69 Å². The number of aliphatic hydroxyl groups is 1. The van der Waals surface area contributed by atoms with Crippen molar-refractivity contribution in [2.24, 2.45) is 5.92 Å². The maximum absolute atomic E-state index is 12.5. The van der Waals surface area contributed by atoms with E-state index in [1.54, 1.807) is 0 Å². The summed E-state index contributed by atoms with van der Waals surface area (Å²) in [5.74, 6) is -0.200. The summed E-state index contributed by atoms with van der Waals surface area (Å²) in [6.07, 6.45) is 0.700. The minimum atomic E-state index is -0.588. The number of nitro groups is 1. The molecule has 1 amide bonds. The molecule has 1 aromatic rings. The molecular formula is C13H16N2O5. The van der Waals surface area contributed by atoms with Crippen LogP contribution in [0.1, 0.15) is 16.8 Å². The largest absolute Gasteiger partial charge is 0.496 e. The fraction of sp³-hybridized carbons (Fsp3) is 0.462. The summed E-state index contributed by atoms with van der Waals surface area (Å²) in [6.45, 7) is 0.904. The van der Waals surface area contributed by atoms with Crippen molar-refractivity contribution in [1.82, 2.24) is 4.90 Å². The summed E-state index contributed by atoms with van der Waals surface area (Å²) in [4.78, 5) is 24.5. The highest BCUT2D eigenvalue weighted by molar-refractivity contribution is 6.01. The van der Waals surface area contributed by atoms with Crippen molar-refractivity contribution in [2.75, 3.05) is 26.8 Å². The van der Waals surface area contributed by atoms with Crippen LogP contribution in [0.25, 0.3) is 0 Å². The van der Waals surface area contributed by atoms with Crippen LogP contribution >= 0.6 is 0 Å². The first-order valence-electron chi connectivity index (χ1n) is 6.30. The average molecular weight is 280 g/mol. The minimum Gasteiger partial charge on any atom is -0.496 e. The molecule has 1 N–H and O–H groups in total. The van der Waals surface area contributed by atoms with Crippen LogP contribution in [0, 0.1) is 16.0 Å². The number of hydrogen-bond donors (Lipinski definition) is 1. The lowest BCUT2D eigenvalue weighted by atomic mass is 10.1. The van der Waals surface area contributed by atoms with Gasteiger partial charge in [0.1, 0.15) is 5.75 Å². The molecule has 1 atom stereocenters. The fourth-order valence-electron chi connectivity index (χ4n) is 2.38. The molecule has 1 aliphatic heterocycles. The molecule has 0 radical (unpaired) electrons. The predicted octanol–water partition coefficient (Wildman–Crippen LogP) is 1.06. The van der Waals surface area contributed by atoms with Crippen LogP contribution in [0.5, 0.6) is 5.75 Å². The van der Waals surface area contributed by atoms with Crippen molar-refractivity contribution < 1.29 is 19.6 Å². The molecule has 1 heterocycles. The molecule has 1 aromatic carbocycles. The Morgan fingerprint density at radius 2 is 2.35 bits per heavy atom. The van der Waals surface area contributed by atoms with E-state index < -0.39 is 10.8 Å². The van der Waals surface area contributed by atoms with E-state index >= 15 is 0 Å². The lowest BCUT2D eigenvalue weighted by Crippen LogP contribution is -2.30. The van der Waals surface area contributed by atoms with Gasteiger partial charge in [0, 0.05) is 31.7 Å². The predicted molar refractivity (Wildman–Crippen MR) is 70.7 cm³/mol. The van der Waals surface area contributed by atoms with Crippen LogP contribution < -0.4 is 4.74 Å². The van der Waals surface area contributed by atoms with Crippen LogP contribution in [-0.4, -0.2) is 47.6 Å². The topological polar surface area (TPSA) is 92.9 Å². The van der Waals surface area contributed by atoms with Crippen LogP contribution in [0.15, 0.2) is 18.2 Å². The van der Waals surface area contributed by atoms with E-state index in [-0.39, 0.29) is 29.5 Å². The summed E-state index contributed by atoms with van der Waals surface area (Å²) in [5, 5.41) is 20.2. The fourth-order valence-corrected chi connectivity index (χ4v) is 2.38. The number of benzene rings is 1. The van der Waals surface area contributed by atoms with Crippen molar-refractivity contribution in [2.45, 2.75) is 6.42 Å². The number of rotatable bonds is 4. The van der Waals surface area contributed by atoms with Gasteiger partial charge in [0.15, 0.2) is 5.56 Å². The van der Waals surface area contributed by atoms with E-state index in [2.05, 4.69) is 0 Å². The number of methoxy groups -OCH3 is 1. The number of amides is 1. The Bertz CT molecular complexity index is 531. The Balaban J connectivity index is 2.36. The number of ether oxygens (including phenoxy) is 1. The van der Waals surface area contributed by atoms with Crippen molar-refractivity contribution in [3.05, 3.63) is 33.9 Å². The van der Waals surface area contributed by atoms with E-state index in [9.17, 15) is 14.9 Å². The highest BCUT2D eigenvalue weighted by Gasteiger charge is 2.32. The summed E-state index contributed by atoms with van der Waals surface area (Å²) >= 11 is 0. The Morgan fingerprint density at radius 3 is 2.90 bits per heavy atom. The second-order valence-electron chi connectivity index (χ2n) is 4.70. The summed E-state index contributed by atoms with van der Waals surface area (Å²) in [7, 11) is 1.37. The first kappa shape index (κ1) is 14.3. The Hall–Kier alpha value is -2.15. The maximum Gasteiger partial charge on any atom is 0.285 e. The third-order valence-electron chi connectivity index (χ3n) is 3.47. The molecule has 7 heteroatoms. The lowest BCUT2D eigenvalue weighted by Gasteiger charge is -2.17. The van der Waals surface area contributed by atoms with Crippen LogP contribution in [0.3, 0.4) is 0 Å². The number of carbonyl (C=O) groups excluding carboxylic acids is 1. The Morgan fingerprint density at radius 1 is 1.60 bits per heavy atom. The van der Waals surface area contributed by atoms with E-state index in [1.165, 1.54) is 30.2 Å². The molecule has 7 nitrogen and oxygen atoms in total. The van der Waals surface area contributed by atoms with Crippen LogP contribution in [0.2, 0.25) is 0 Å². The second kappa shape index (κ2) is 5.87. The van der Waals surface area contributed by atoms with Gasteiger partial charge in [0.05, 0.1) is 12.0 Å². The van der Waals surface area contributed by atoms with Gasteiger partial charge in [0.25, 0.3) is 11.6 Å². The number of nitro benzene ring substituents is 1. The van der Waals surface area contributed by atoms with Crippen molar-refractivity contribution in [1.29, 1.82) is 0 Å². The zero-order valence-electron chi connectivity index (χ0n) is 11.1. The summed E-state index contributed by atoms with van der Waals surface area (Å²) < 4.78 is 5.07. The van der Waals surface area contributed by atoms with Crippen molar-refractivity contribution in [3.63, 3.8) is 0 Å². The van der Waals surface area contributed by atoms with Gasteiger partial charge in [-0.2, -0.15) is 0 Å². The molecule has 1 unspecified atom stereocenters. The maximum atomic E-state index is 12.5. The van der Waals surface area contributed by atoms with E-state index in [4.69, 9.17) is 9.84 Å². The number of hydrogen-bond acceptors (Lipinski definition) is 5. The third kappa shape index (κ3) is 2.57. The van der Waals surface area contributed by atoms with E-state index in [1.807, 2.05) is 0 Å². The van der Waals surface area contributed by atoms with Gasteiger partial charge in [0.2, 0.25) is 0 Å². The molecule has 0 aliphatic carbocycles. The molecule has 1 aliphatic rings. The minimum absolute atomic E-state index is 0.0117. The van der Waals surface area contributed by atoms with Crippen molar-refractivity contribution in [3.8, 4) is 5.75 Å². The molecule has 0 saturated carbocycles. The van der Waals surface area contributed by atoms with Crippen LogP contribution in [-0.2, 0) is 0 Å². The standard InChI is InChI=1S/C13H16N2O5/c1-20-11-4-2-3-10(15(18)19)12(11)13(17)14-6-5-9(7-14)8-16/h2-4,9,16H,5-8H2,1H3. The van der Waals surface area contributed by atoms with Crippen molar-refractivity contribution >= 4 is 11.6 Å². The molecule has 0 aromatic heterocycles. The van der Waals surface area contributed by atoms with Gasteiger partial charge in [-0.25, -0.2) is 0 Å². The molecule has 108 valence electrons. The number of carbonyl (C=O) groups is 1. The number of nitrogens with zero attached hydrogens (tertiary/aromatic N) is 2. The SMILES string of the molecule is COc1cccc([N+](=O)[O-])c1C(=O)N1CCC(CO)C1. The third-order valence-corrected chi connectivity index (χ3v) is 3.47. The van der Waals surface area contributed by atoms with Gasteiger partial charge in [-0.1, -0.05) is 6.07 Å². The van der Waals surface area contributed by atoms with E-state index in [0.717, 1.165) is 0 Å². The Labute approximate surface area is 115 Å². The number of likely N-dealkylation sites (tertiary alicyclic amines) is 1. The highest BCUT2D eigenvalue weighted by atomic mass is 16.6. The lowest BCUT2D eigenvalue weighted by molar-refractivity contribution is -0.385. The summed E-state index contributed by atoms with van der Waals surface area (Å²) in [6, 6.07) is 4.30. The normalized spacial score (nSPS) is 18.1. The molecule has 2 rings (SSSR count). The molecule has 20 heavy (non-hydrogen) atoms. The molecule has 1 saturated heterocycles. The second-order valence-corrected chi connectivity index (χ2v) is 4.70. The Kier molecular flexibility index (Phi) is 4.19. The zero-order chi connectivity index (χ0) is 14.7. The molecule has 0 bridgehead atoms. The number of aliphatic hydroxyl groups excluding tert-OH is 1. The van der Waals surface area contributed by atoms with Gasteiger partial charge in [-0.05, 0) is 12.5 Å².